The Labute approximate surface area is 211 Å². The predicted octanol–water partition coefficient (Wildman–Crippen LogP) is 2.61. The van der Waals surface area contributed by atoms with E-state index in [9.17, 15) is 27.4 Å². The van der Waals surface area contributed by atoms with E-state index in [-0.39, 0.29) is 31.7 Å². The fraction of sp³-hybridized carbons (Fsp3) is 0.625. The number of nitrogens with one attached hydrogen (secondary N) is 2. The molecular weight excluding hydrogens is 490 g/mol. The summed E-state index contributed by atoms with van der Waals surface area (Å²) < 4.78 is 43.6. The Morgan fingerprint density at radius 3 is 2.17 bits per heavy atom. The first-order valence-corrected chi connectivity index (χ1v) is 13.6. The summed E-state index contributed by atoms with van der Waals surface area (Å²) in [5.74, 6) is -0.499. The molecule has 3 amide bonds. The van der Waals surface area contributed by atoms with E-state index in [0.29, 0.717) is 25.7 Å². The summed E-state index contributed by atoms with van der Waals surface area (Å²) in [4.78, 5) is 38.9. The van der Waals surface area contributed by atoms with Crippen LogP contribution in [-0.2, 0) is 31.0 Å². The number of alkyl carbamates (subject to hydrolysis) is 1. The Balaban J connectivity index is 1.55. The van der Waals surface area contributed by atoms with Crippen LogP contribution in [0.15, 0.2) is 30.3 Å². The second kappa shape index (κ2) is 11.5. The van der Waals surface area contributed by atoms with Gasteiger partial charge in [-0.25, -0.2) is 9.59 Å². The maximum atomic E-state index is 13.1. The number of nitrogens with zero attached hydrogens (tertiary/aromatic N) is 1. The van der Waals surface area contributed by atoms with Crippen molar-refractivity contribution < 1.29 is 36.8 Å². The summed E-state index contributed by atoms with van der Waals surface area (Å²) in [6.45, 7) is 4.99. The molecule has 11 nitrogen and oxygen atoms in total. The first-order chi connectivity index (χ1) is 16.8. The fourth-order valence-corrected chi connectivity index (χ4v) is 5.19. The minimum absolute atomic E-state index is 0.0320. The van der Waals surface area contributed by atoms with Gasteiger partial charge in [0.25, 0.3) is 10.1 Å². The van der Waals surface area contributed by atoms with Crippen LogP contribution in [0.25, 0.3) is 0 Å². The van der Waals surface area contributed by atoms with Crippen molar-refractivity contribution in [2.45, 2.75) is 88.5 Å². The highest BCUT2D eigenvalue weighted by Crippen LogP contribution is 2.26. The molecule has 200 valence electrons. The average molecular weight is 526 g/mol. The maximum Gasteiger partial charge on any atom is 0.410 e. The highest BCUT2D eigenvalue weighted by atomic mass is 32.2. The van der Waals surface area contributed by atoms with Crippen molar-refractivity contribution in [3.8, 4) is 0 Å². The Morgan fingerprint density at radius 1 is 1.03 bits per heavy atom. The van der Waals surface area contributed by atoms with Gasteiger partial charge in [0.15, 0.2) is 0 Å². The van der Waals surface area contributed by atoms with Gasteiger partial charge in [-0.2, -0.15) is 8.42 Å². The molecule has 0 bridgehead atoms. The summed E-state index contributed by atoms with van der Waals surface area (Å²) in [7, 11) is -4.45. The maximum absolute atomic E-state index is 13.1. The molecule has 0 unspecified atom stereocenters. The van der Waals surface area contributed by atoms with Gasteiger partial charge < -0.3 is 20.1 Å². The van der Waals surface area contributed by atoms with Crippen LogP contribution in [0.4, 0.5) is 9.59 Å². The van der Waals surface area contributed by atoms with Crippen molar-refractivity contribution in [1.82, 2.24) is 15.5 Å². The summed E-state index contributed by atoms with van der Waals surface area (Å²) in [6.07, 6.45) is 0.924. The monoisotopic (exact) mass is 525 g/mol. The summed E-state index contributed by atoms with van der Waals surface area (Å²) in [5.41, 5.74) is 0.152. The topological polar surface area (TPSA) is 151 Å². The summed E-state index contributed by atoms with van der Waals surface area (Å²) in [6, 6.07) is 7.60. The number of amides is 3. The van der Waals surface area contributed by atoms with Crippen molar-refractivity contribution in [2.75, 3.05) is 6.54 Å². The molecule has 1 saturated carbocycles. The normalized spacial score (nSPS) is 24.6. The second-order valence-corrected chi connectivity index (χ2v) is 12.0. The molecule has 36 heavy (non-hydrogen) atoms. The molecule has 1 heterocycles. The van der Waals surface area contributed by atoms with Crippen LogP contribution in [0.3, 0.4) is 0 Å². The standard InChI is InChI=1S/C24H35N3O8S/c1-24(2,3)35-22(29)26-18-11-9-17(10-12-18)25-21(28)20-13-19(36(31,32)33)14-27(20)23(30)34-15-16-7-5-4-6-8-16/h4-8,17-20H,9-15H2,1-3H3,(H,25,28)(H,26,29)(H,31,32,33)/t17-,18-,19-,20-/m0/s1. The minimum Gasteiger partial charge on any atom is -0.445 e. The van der Waals surface area contributed by atoms with Crippen LogP contribution < -0.4 is 10.6 Å². The molecule has 12 heteroatoms. The second-order valence-electron chi connectivity index (χ2n) is 10.3. The third kappa shape index (κ3) is 8.09. The van der Waals surface area contributed by atoms with E-state index in [1.54, 1.807) is 45.0 Å². The zero-order chi connectivity index (χ0) is 26.5. The fourth-order valence-electron chi connectivity index (χ4n) is 4.42. The predicted molar refractivity (Wildman–Crippen MR) is 131 cm³/mol. The van der Waals surface area contributed by atoms with Gasteiger partial charge in [0.2, 0.25) is 5.91 Å². The number of likely N-dealkylation sites (tertiary alicyclic amines) is 1. The molecule has 0 radical (unpaired) electrons. The molecule has 1 aromatic rings. The van der Waals surface area contributed by atoms with E-state index >= 15 is 0 Å². The summed E-state index contributed by atoms with van der Waals surface area (Å²) in [5, 5.41) is 4.46. The zero-order valence-electron chi connectivity index (χ0n) is 20.8. The third-order valence-corrected chi connectivity index (χ3v) is 7.40. The molecule has 1 aliphatic carbocycles. The van der Waals surface area contributed by atoms with Crippen LogP contribution in [0.1, 0.15) is 58.4 Å². The van der Waals surface area contributed by atoms with Gasteiger partial charge in [0, 0.05) is 18.6 Å². The van der Waals surface area contributed by atoms with Crippen molar-refractivity contribution in [1.29, 1.82) is 0 Å². The number of hydrogen-bond donors (Lipinski definition) is 3. The van der Waals surface area contributed by atoms with E-state index in [0.717, 1.165) is 10.5 Å². The van der Waals surface area contributed by atoms with Gasteiger partial charge in [-0.3, -0.25) is 14.2 Å². The van der Waals surface area contributed by atoms with Crippen molar-refractivity contribution in [3.63, 3.8) is 0 Å². The van der Waals surface area contributed by atoms with E-state index in [4.69, 9.17) is 9.47 Å². The van der Waals surface area contributed by atoms with Gasteiger partial charge in [-0.05, 0) is 58.4 Å². The lowest BCUT2D eigenvalue weighted by Gasteiger charge is -2.32. The minimum atomic E-state index is -4.45. The Kier molecular flexibility index (Phi) is 8.83. The molecule has 2 atom stereocenters. The first-order valence-electron chi connectivity index (χ1n) is 12.1. The molecule has 2 aliphatic rings. The number of rotatable bonds is 6. The van der Waals surface area contributed by atoms with Crippen molar-refractivity contribution >= 4 is 28.2 Å². The van der Waals surface area contributed by atoms with Crippen molar-refractivity contribution in [3.05, 3.63) is 35.9 Å². The summed E-state index contributed by atoms with van der Waals surface area (Å²) >= 11 is 0. The van der Waals surface area contributed by atoms with E-state index < -0.39 is 45.1 Å². The average Bonchev–Trinajstić information content (AvgIpc) is 3.25. The number of benzene rings is 1. The van der Waals surface area contributed by atoms with Gasteiger partial charge in [-0.1, -0.05) is 30.3 Å². The van der Waals surface area contributed by atoms with Crippen LogP contribution in [0.5, 0.6) is 0 Å². The SMILES string of the molecule is CC(C)(C)OC(=O)N[C@H]1CC[C@H](NC(=O)[C@@H]2C[C@H](S(=O)(=O)O)CN2C(=O)OCc2ccccc2)CC1. The van der Waals surface area contributed by atoms with Gasteiger partial charge in [-0.15, -0.1) is 0 Å². The first kappa shape index (κ1) is 27.7. The number of hydrogen-bond acceptors (Lipinski definition) is 7. The van der Waals surface area contributed by atoms with Crippen LogP contribution >= 0.6 is 0 Å². The smallest absolute Gasteiger partial charge is 0.410 e. The highest BCUT2D eigenvalue weighted by Gasteiger charge is 2.45. The Morgan fingerprint density at radius 2 is 1.61 bits per heavy atom. The molecule has 0 spiro atoms. The molecule has 3 N–H and O–H groups in total. The third-order valence-electron chi connectivity index (χ3n) is 6.22. The molecule has 2 fully saturated rings. The number of carbonyl (C=O) groups excluding carboxylic acids is 3. The van der Waals surface area contributed by atoms with Gasteiger partial charge >= 0.3 is 12.2 Å². The molecular formula is C24H35N3O8S. The lowest BCUT2D eigenvalue weighted by molar-refractivity contribution is -0.126. The van der Waals surface area contributed by atoms with E-state index in [1.807, 2.05) is 6.07 Å². The number of ether oxygens (including phenoxy) is 2. The van der Waals surface area contributed by atoms with Gasteiger partial charge in [0.05, 0.1) is 0 Å². The Bertz CT molecular complexity index is 1030. The quantitative estimate of drug-likeness (QED) is 0.480. The van der Waals surface area contributed by atoms with Crippen LogP contribution in [-0.4, -0.2) is 71.5 Å². The van der Waals surface area contributed by atoms with Crippen molar-refractivity contribution in [2.24, 2.45) is 0 Å². The van der Waals surface area contributed by atoms with E-state index in [1.165, 1.54) is 0 Å². The lowest BCUT2D eigenvalue weighted by Crippen LogP contribution is -2.51. The van der Waals surface area contributed by atoms with Crippen LogP contribution in [0.2, 0.25) is 0 Å². The lowest BCUT2D eigenvalue weighted by atomic mass is 9.91. The van der Waals surface area contributed by atoms with Crippen LogP contribution in [0, 0.1) is 0 Å². The zero-order valence-corrected chi connectivity index (χ0v) is 21.6. The number of carbonyl (C=O) groups is 3. The van der Waals surface area contributed by atoms with Gasteiger partial charge in [0.1, 0.15) is 23.5 Å². The highest BCUT2D eigenvalue weighted by molar-refractivity contribution is 7.86. The molecule has 0 aromatic heterocycles. The largest absolute Gasteiger partial charge is 0.445 e. The molecule has 1 aromatic carbocycles. The van der Waals surface area contributed by atoms with E-state index in [2.05, 4.69) is 10.6 Å². The molecule has 1 aliphatic heterocycles. The molecule has 1 saturated heterocycles. The molecule has 3 rings (SSSR count). The Hall–Kier alpha value is -2.86.